The molecule has 0 heterocycles. The molecule has 0 radical (unpaired) electrons. The molecule has 3 N–H and O–H groups in total. The Hall–Kier alpha value is -3.00. The summed E-state index contributed by atoms with van der Waals surface area (Å²) in [5.74, 6) is -0.886. The van der Waals surface area contributed by atoms with E-state index in [0.717, 1.165) is 0 Å². The molecular weight excluding hydrogens is 357 g/mol. The molecule has 0 saturated carbocycles. The largest absolute Gasteiger partial charge is 0.496 e. The van der Waals surface area contributed by atoms with Crippen LogP contribution in [0.25, 0.3) is 0 Å². The maximum atomic E-state index is 13.6. The summed E-state index contributed by atoms with van der Waals surface area (Å²) in [7, 11) is 1.48. The zero-order valence-corrected chi connectivity index (χ0v) is 15.1. The minimum absolute atomic E-state index is 0.133. The van der Waals surface area contributed by atoms with E-state index >= 15 is 0 Å². The Kier molecular flexibility index (Phi) is 6.62. The standard InChI is InChI=1S/C18H18FN3O3S/c1-11(12-7-8-16(25-2)13(9-12)10-17(23)24)21-22-18(26)20-15-6-4-3-5-14(15)19/h3-9H,10H2,1-2H3,(H,23,24)(H2,20,22,26)/b21-11-. The Morgan fingerprint density at radius 3 is 2.69 bits per heavy atom. The van der Waals surface area contributed by atoms with Crippen molar-refractivity contribution < 1.29 is 19.0 Å². The summed E-state index contributed by atoms with van der Waals surface area (Å²) in [5, 5.41) is 16.0. The van der Waals surface area contributed by atoms with Crippen LogP contribution in [-0.4, -0.2) is 29.0 Å². The highest BCUT2D eigenvalue weighted by molar-refractivity contribution is 7.80. The van der Waals surface area contributed by atoms with Crippen LogP contribution in [-0.2, 0) is 11.2 Å². The SMILES string of the molecule is COc1ccc(/C(C)=N\NC(=S)Nc2ccccc2F)cc1CC(=O)O. The highest BCUT2D eigenvalue weighted by Gasteiger charge is 2.10. The minimum atomic E-state index is -0.955. The molecular formula is C18H18FN3O3S. The van der Waals surface area contributed by atoms with Gasteiger partial charge in [0.2, 0.25) is 0 Å². The van der Waals surface area contributed by atoms with Crippen molar-refractivity contribution in [2.24, 2.45) is 5.10 Å². The Balaban J connectivity index is 2.10. The lowest BCUT2D eigenvalue weighted by Crippen LogP contribution is -2.25. The number of aliphatic carboxylic acids is 1. The number of thiocarbonyl (C=S) groups is 1. The van der Waals surface area contributed by atoms with Gasteiger partial charge in [-0.2, -0.15) is 5.10 Å². The van der Waals surface area contributed by atoms with Crippen molar-refractivity contribution >= 4 is 34.7 Å². The van der Waals surface area contributed by atoms with E-state index in [-0.39, 0.29) is 17.2 Å². The molecule has 0 bridgehead atoms. The second-order valence-electron chi connectivity index (χ2n) is 5.34. The molecule has 0 aliphatic heterocycles. The lowest BCUT2D eigenvalue weighted by Gasteiger charge is -2.11. The third-order valence-electron chi connectivity index (χ3n) is 3.49. The maximum absolute atomic E-state index is 13.6. The summed E-state index contributed by atoms with van der Waals surface area (Å²) < 4.78 is 18.8. The van der Waals surface area contributed by atoms with Crippen molar-refractivity contribution in [3.05, 3.63) is 59.4 Å². The fourth-order valence-electron chi connectivity index (χ4n) is 2.22. The zero-order chi connectivity index (χ0) is 19.1. The number of ether oxygens (including phenoxy) is 1. The number of nitrogens with zero attached hydrogens (tertiary/aromatic N) is 1. The Labute approximate surface area is 155 Å². The van der Waals surface area contributed by atoms with Crippen molar-refractivity contribution in [1.82, 2.24) is 5.43 Å². The van der Waals surface area contributed by atoms with Crippen LogP contribution >= 0.6 is 12.2 Å². The number of hydrogen-bond acceptors (Lipinski definition) is 4. The zero-order valence-electron chi connectivity index (χ0n) is 14.2. The molecule has 0 aromatic heterocycles. The first-order valence-corrected chi connectivity index (χ1v) is 8.06. The molecule has 136 valence electrons. The second-order valence-corrected chi connectivity index (χ2v) is 5.75. The van der Waals surface area contributed by atoms with E-state index in [2.05, 4.69) is 15.8 Å². The lowest BCUT2D eigenvalue weighted by molar-refractivity contribution is -0.136. The van der Waals surface area contributed by atoms with Crippen LogP contribution < -0.4 is 15.5 Å². The van der Waals surface area contributed by atoms with Crippen LogP contribution in [0.3, 0.4) is 0 Å². The Morgan fingerprint density at radius 1 is 1.31 bits per heavy atom. The molecule has 0 saturated heterocycles. The predicted molar refractivity (Wildman–Crippen MR) is 102 cm³/mol. The molecule has 0 spiro atoms. The molecule has 0 aliphatic carbocycles. The Bertz CT molecular complexity index is 855. The topological polar surface area (TPSA) is 83.0 Å². The normalized spacial score (nSPS) is 11.0. The molecule has 0 unspecified atom stereocenters. The molecule has 0 amide bonds. The van der Waals surface area contributed by atoms with E-state index in [1.165, 1.54) is 13.2 Å². The molecule has 2 rings (SSSR count). The van der Waals surface area contributed by atoms with Gasteiger partial charge in [-0.05, 0) is 55.0 Å². The van der Waals surface area contributed by atoms with E-state index in [1.54, 1.807) is 43.3 Å². The fourth-order valence-corrected chi connectivity index (χ4v) is 2.37. The number of anilines is 1. The molecule has 0 aliphatic rings. The summed E-state index contributed by atoms with van der Waals surface area (Å²) in [4.78, 5) is 11.0. The summed E-state index contributed by atoms with van der Waals surface area (Å²) in [6.45, 7) is 1.74. The van der Waals surface area contributed by atoms with Crippen LogP contribution in [0.5, 0.6) is 5.75 Å². The van der Waals surface area contributed by atoms with Gasteiger partial charge in [0.05, 0.1) is 24.9 Å². The van der Waals surface area contributed by atoms with E-state index in [4.69, 9.17) is 22.1 Å². The van der Waals surface area contributed by atoms with E-state index in [1.807, 2.05) is 0 Å². The number of para-hydroxylation sites is 1. The summed E-state index contributed by atoms with van der Waals surface area (Å²) in [5.41, 5.74) is 4.71. The average Bonchev–Trinajstić information content (AvgIpc) is 2.61. The molecule has 0 atom stereocenters. The van der Waals surface area contributed by atoms with Crippen LogP contribution in [0.2, 0.25) is 0 Å². The van der Waals surface area contributed by atoms with Gasteiger partial charge >= 0.3 is 5.97 Å². The third kappa shape index (κ3) is 5.25. The first-order chi connectivity index (χ1) is 12.4. The van der Waals surface area contributed by atoms with Crippen LogP contribution in [0.4, 0.5) is 10.1 Å². The number of benzene rings is 2. The predicted octanol–water partition coefficient (Wildman–Crippen LogP) is 3.17. The fraction of sp³-hybridized carbons (Fsp3) is 0.167. The summed E-state index contributed by atoms with van der Waals surface area (Å²) >= 11 is 5.09. The molecule has 26 heavy (non-hydrogen) atoms. The third-order valence-corrected chi connectivity index (χ3v) is 3.68. The van der Waals surface area contributed by atoms with Crippen molar-refractivity contribution in [2.45, 2.75) is 13.3 Å². The van der Waals surface area contributed by atoms with Crippen LogP contribution in [0, 0.1) is 5.82 Å². The number of carbonyl (C=O) groups is 1. The van der Waals surface area contributed by atoms with Gasteiger partial charge in [0.25, 0.3) is 0 Å². The lowest BCUT2D eigenvalue weighted by atomic mass is 10.0. The van der Waals surface area contributed by atoms with Crippen molar-refractivity contribution in [1.29, 1.82) is 0 Å². The number of halogens is 1. The van der Waals surface area contributed by atoms with Crippen LogP contribution in [0.1, 0.15) is 18.1 Å². The molecule has 2 aromatic carbocycles. The average molecular weight is 375 g/mol. The second kappa shape index (κ2) is 8.91. The number of methoxy groups -OCH3 is 1. The van der Waals surface area contributed by atoms with Gasteiger partial charge in [-0.25, -0.2) is 4.39 Å². The van der Waals surface area contributed by atoms with Gasteiger partial charge in [0.1, 0.15) is 11.6 Å². The minimum Gasteiger partial charge on any atom is -0.496 e. The quantitative estimate of drug-likeness (QED) is 0.409. The molecule has 2 aromatic rings. The summed E-state index contributed by atoms with van der Waals surface area (Å²) in [6.07, 6.45) is -0.162. The van der Waals surface area contributed by atoms with Gasteiger partial charge in [0, 0.05) is 5.56 Å². The van der Waals surface area contributed by atoms with Gasteiger partial charge in [-0.3, -0.25) is 10.2 Å². The van der Waals surface area contributed by atoms with E-state index in [9.17, 15) is 9.18 Å². The van der Waals surface area contributed by atoms with Gasteiger partial charge in [-0.1, -0.05) is 12.1 Å². The van der Waals surface area contributed by atoms with E-state index in [0.29, 0.717) is 22.6 Å². The first kappa shape index (κ1) is 19.3. The number of hydrogen-bond donors (Lipinski definition) is 3. The monoisotopic (exact) mass is 375 g/mol. The van der Waals surface area contributed by atoms with Gasteiger partial charge in [0.15, 0.2) is 5.11 Å². The number of hydrazone groups is 1. The highest BCUT2D eigenvalue weighted by atomic mass is 32.1. The number of rotatable bonds is 6. The van der Waals surface area contributed by atoms with Crippen molar-refractivity contribution in [2.75, 3.05) is 12.4 Å². The summed E-state index contributed by atoms with van der Waals surface area (Å²) in [6, 6.07) is 11.3. The molecule has 8 heteroatoms. The molecule has 0 fully saturated rings. The van der Waals surface area contributed by atoms with Crippen LogP contribution in [0.15, 0.2) is 47.6 Å². The molecule has 6 nitrogen and oxygen atoms in total. The van der Waals surface area contributed by atoms with Gasteiger partial charge in [-0.15, -0.1) is 0 Å². The Morgan fingerprint density at radius 2 is 2.04 bits per heavy atom. The number of carboxylic acids is 1. The maximum Gasteiger partial charge on any atom is 0.307 e. The van der Waals surface area contributed by atoms with Crippen molar-refractivity contribution in [3.63, 3.8) is 0 Å². The van der Waals surface area contributed by atoms with Crippen molar-refractivity contribution in [3.8, 4) is 5.75 Å². The smallest absolute Gasteiger partial charge is 0.307 e. The highest BCUT2D eigenvalue weighted by Crippen LogP contribution is 2.21. The number of carboxylic acid groups (broad SMARTS) is 1. The van der Waals surface area contributed by atoms with Gasteiger partial charge < -0.3 is 15.2 Å². The van der Waals surface area contributed by atoms with E-state index < -0.39 is 11.8 Å². The first-order valence-electron chi connectivity index (χ1n) is 7.65. The number of nitrogens with one attached hydrogen (secondary N) is 2.